The molecule has 1 aliphatic rings. The molecule has 4 nitrogen and oxygen atoms in total. The molecule has 1 heterocycles. The highest BCUT2D eigenvalue weighted by atomic mass is 32.1. The summed E-state index contributed by atoms with van der Waals surface area (Å²) in [6, 6.07) is 17.3. The lowest BCUT2D eigenvalue weighted by Gasteiger charge is -2.16. The van der Waals surface area contributed by atoms with Gasteiger partial charge in [0.05, 0.1) is 17.3 Å². The van der Waals surface area contributed by atoms with Crippen LogP contribution < -0.4 is 5.32 Å². The highest BCUT2D eigenvalue weighted by molar-refractivity contribution is 7.12. The van der Waals surface area contributed by atoms with Crippen molar-refractivity contribution in [2.24, 2.45) is 0 Å². The van der Waals surface area contributed by atoms with Crippen LogP contribution in [0.1, 0.15) is 52.5 Å². The van der Waals surface area contributed by atoms with Gasteiger partial charge in [0.2, 0.25) is 0 Å². The molecule has 1 aliphatic carbocycles. The molecular weight excluding hydrogens is 461 g/mol. The molecule has 1 atom stereocenters. The normalized spacial score (nSPS) is 17.7. The van der Waals surface area contributed by atoms with Crippen molar-refractivity contribution in [3.05, 3.63) is 112 Å². The summed E-state index contributed by atoms with van der Waals surface area (Å²) in [6.07, 6.45) is 13.5. The van der Waals surface area contributed by atoms with Crippen molar-refractivity contribution in [3.8, 4) is 11.1 Å². The predicted octanol–water partition coefficient (Wildman–Crippen LogP) is 7.18. The number of amides is 1. The Morgan fingerprint density at radius 3 is 2.46 bits per heavy atom. The maximum atomic E-state index is 14.8. The fraction of sp³-hybridized carbons (Fsp3) is 0.172. The van der Waals surface area contributed by atoms with Crippen LogP contribution in [-0.4, -0.2) is 17.0 Å². The first-order chi connectivity index (χ1) is 17.0. The molecule has 2 N–H and O–H groups in total. The van der Waals surface area contributed by atoms with Gasteiger partial charge in [0, 0.05) is 5.56 Å². The van der Waals surface area contributed by atoms with Crippen LogP contribution >= 0.6 is 11.3 Å². The molecule has 6 heteroatoms. The molecule has 178 valence electrons. The molecular formula is C29H26FNO3S. The second-order valence-electron chi connectivity index (χ2n) is 8.29. The van der Waals surface area contributed by atoms with E-state index in [1.807, 2.05) is 30.3 Å². The summed E-state index contributed by atoms with van der Waals surface area (Å²) in [5, 5.41) is 11.6. The molecule has 0 radical (unpaired) electrons. The lowest BCUT2D eigenvalue weighted by atomic mass is 10.0. The molecule has 4 rings (SSSR count). The van der Waals surface area contributed by atoms with Crippen molar-refractivity contribution >= 4 is 28.8 Å². The zero-order valence-electron chi connectivity index (χ0n) is 19.1. The first-order valence-corrected chi connectivity index (χ1v) is 12.3. The third-order valence-corrected chi connectivity index (χ3v) is 6.70. The lowest BCUT2D eigenvalue weighted by molar-refractivity contribution is -0.137. The van der Waals surface area contributed by atoms with Gasteiger partial charge in [-0.1, -0.05) is 85.0 Å². The summed E-state index contributed by atoms with van der Waals surface area (Å²) < 4.78 is 14.8. The van der Waals surface area contributed by atoms with Crippen LogP contribution in [0.25, 0.3) is 16.7 Å². The summed E-state index contributed by atoms with van der Waals surface area (Å²) in [5.41, 5.74) is 3.82. The molecule has 1 amide bonds. The fourth-order valence-corrected chi connectivity index (χ4v) is 4.75. The Labute approximate surface area is 208 Å². The van der Waals surface area contributed by atoms with Gasteiger partial charge in [0.1, 0.15) is 0 Å². The summed E-state index contributed by atoms with van der Waals surface area (Å²) >= 11 is 0.755. The Balaban J connectivity index is 1.53. The third-order valence-electron chi connectivity index (χ3n) is 5.78. The largest absolute Gasteiger partial charge is 0.481 e. The van der Waals surface area contributed by atoms with Gasteiger partial charge in [-0.2, -0.15) is 4.39 Å². The molecule has 35 heavy (non-hydrogen) atoms. The number of hydrogen-bond donors (Lipinski definition) is 2. The highest BCUT2D eigenvalue weighted by Gasteiger charge is 2.22. The Kier molecular flexibility index (Phi) is 8.06. The van der Waals surface area contributed by atoms with Crippen LogP contribution in [0, 0.1) is 5.13 Å². The van der Waals surface area contributed by atoms with Crippen LogP contribution in [0.15, 0.2) is 91.0 Å². The monoisotopic (exact) mass is 487 g/mol. The van der Waals surface area contributed by atoms with E-state index in [1.54, 1.807) is 24.3 Å². The van der Waals surface area contributed by atoms with Gasteiger partial charge in [-0.05, 0) is 47.6 Å². The van der Waals surface area contributed by atoms with Gasteiger partial charge >= 0.3 is 5.97 Å². The molecule has 3 aromatic rings. The van der Waals surface area contributed by atoms with Crippen LogP contribution in [0.2, 0.25) is 0 Å². The molecule has 0 saturated heterocycles. The second kappa shape index (κ2) is 11.6. The number of carboxylic acids is 1. The number of rotatable bonds is 7. The van der Waals surface area contributed by atoms with Crippen molar-refractivity contribution in [1.82, 2.24) is 5.32 Å². The van der Waals surface area contributed by atoms with E-state index in [-0.39, 0.29) is 11.3 Å². The summed E-state index contributed by atoms with van der Waals surface area (Å²) in [6.45, 7) is 0. The Morgan fingerprint density at radius 2 is 1.71 bits per heavy atom. The van der Waals surface area contributed by atoms with E-state index in [0.29, 0.717) is 16.7 Å². The maximum Gasteiger partial charge on any atom is 0.305 e. The van der Waals surface area contributed by atoms with E-state index in [1.165, 1.54) is 6.07 Å². The minimum atomic E-state index is -1.03. The average molecular weight is 488 g/mol. The minimum absolute atomic E-state index is 0.194. The number of aliphatic carboxylic acids is 1. The number of carboxylic acid groups (broad SMARTS) is 1. The standard InChI is InChI=1S/C29H26FNO3S/c30-28-24(22-16-14-21(15-17-22)20-10-6-3-1-2-4-7-11-20)18-26(35-28)29(34)31-25(19-27(32)33)23-12-8-5-9-13-23/h3,5-18,25H,1-2,4,19H2,(H,31,34)(H,32,33)/b6-3-,11-7-,20-10+/t25-/m1/s1. The number of nitrogens with one attached hydrogen (secondary N) is 1. The zero-order chi connectivity index (χ0) is 24.6. The zero-order valence-corrected chi connectivity index (χ0v) is 19.9. The van der Waals surface area contributed by atoms with E-state index in [4.69, 9.17) is 0 Å². The highest BCUT2D eigenvalue weighted by Crippen LogP contribution is 2.32. The van der Waals surface area contributed by atoms with Gasteiger partial charge in [-0.25, -0.2) is 0 Å². The molecule has 0 spiro atoms. The van der Waals surface area contributed by atoms with Gasteiger partial charge in [-0.3, -0.25) is 9.59 Å². The molecule has 0 aliphatic heterocycles. The van der Waals surface area contributed by atoms with E-state index in [9.17, 15) is 19.1 Å². The fourth-order valence-electron chi connectivity index (χ4n) is 3.94. The van der Waals surface area contributed by atoms with Crippen molar-refractivity contribution in [2.45, 2.75) is 31.7 Å². The van der Waals surface area contributed by atoms with Crippen molar-refractivity contribution in [1.29, 1.82) is 0 Å². The number of allylic oxidation sites excluding steroid dienone is 6. The Hall–Kier alpha value is -3.77. The van der Waals surface area contributed by atoms with E-state index in [2.05, 4.69) is 35.7 Å². The van der Waals surface area contributed by atoms with Gasteiger partial charge in [0.25, 0.3) is 5.91 Å². The van der Waals surface area contributed by atoms with Gasteiger partial charge in [0.15, 0.2) is 5.13 Å². The first-order valence-electron chi connectivity index (χ1n) is 11.5. The molecule has 0 unspecified atom stereocenters. The van der Waals surface area contributed by atoms with E-state index in [0.717, 1.165) is 41.7 Å². The first kappa shape index (κ1) is 24.4. The lowest BCUT2D eigenvalue weighted by Crippen LogP contribution is -2.29. The van der Waals surface area contributed by atoms with Crippen molar-refractivity contribution < 1.29 is 19.1 Å². The molecule has 0 saturated carbocycles. The third kappa shape index (κ3) is 6.43. The molecule has 1 aromatic heterocycles. The van der Waals surface area contributed by atoms with Crippen LogP contribution in [0.4, 0.5) is 4.39 Å². The average Bonchev–Trinajstić information content (AvgIpc) is 3.31. The topological polar surface area (TPSA) is 66.4 Å². The number of thiophene rings is 1. The smallest absolute Gasteiger partial charge is 0.305 e. The van der Waals surface area contributed by atoms with Gasteiger partial charge < -0.3 is 10.4 Å². The minimum Gasteiger partial charge on any atom is -0.481 e. The second-order valence-corrected chi connectivity index (χ2v) is 9.30. The number of hydrogen-bond acceptors (Lipinski definition) is 3. The van der Waals surface area contributed by atoms with Crippen LogP contribution in [-0.2, 0) is 4.79 Å². The van der Waals surface area contributed by atoms with Crippen LogP contribution in [0.5, 0.6) is 0 Å². The van der Waals surface area contributed by atoms with E-state index < -0.39 is 23.0 Å². The number of carbonyl (C=O) groups excluding carboxylic acids is 1. The SMILES string of the molecule is O=C(O)C[C@@H](NC(=O)c1cc(-c2ccc(C3=C/C=C\CCC/C=C\3)cc2)c(F)s1)c1ccccc1. The molecule has 0 bridgehead atoms. The summed E-state index contributed by atoms with van der Waals surface area (Å²) in [4.78, 5) is 24.4. The van der Waals surface area contributed by atoms with Crippen molar-refractivity contribution in [2.75, 3.05) is 0 Å². The number of halogens is 1. The summed E-state index contributed by atoms with van der Waals surface area (Å²) in [5.74, 6) is -1.53. The van der Waals surface area contributed by atoms with Gasteiger partial charge in [-0.15, -0.1) is 11.3 Å². The van der Waals surface area contributed by atoms with Crippen LogP contribution in [0.3, 0.4) is 0 Å². The number of benzene rings is 2. The Morgan fingerprint density at radius 1 is 1.00 bits per heavy atom. The summed E-state index contributed by atoms with van der Waals surface area (Å²) in [7, 11) is 0. The quantitative estimate of drug-likeness (QED) is 0.371. The van der Waals surface area contributed by atoms with E-state index >= 15 is 0 Å². The predicted molar refractivity (Wildman–Crippen MR) is 139 cm³/mol. The maximum absolute atomic E-state index is 14.8. The Bertz CT molecular complexity index is 1270. The van der Waals surface area contributed by atoms with Crippen molar-refractivity contribution in [3.63, 3.8) is 0 Å². The molecule has 2 aromatic carbocycles. The molecule has 0 fully saturated rings. The number of carbonyl (C=O) groups is 2.